The van der Waals surface area contributed by atoms with E-state index in [1.165, 1.54) is 0 Å². The quantitative estimate of drug-likeness (QED) is 0.821. The highest BCUT2D eigenvalue weighted by atomic mass is 35.5. The van der Waals surface area contributed by atoms with Gasteiger partial charge in [-0.15, -0.1) is 0 Å². The molecular weight excluding hydrogens is 340 g/mol. The molecule has 2 aliphatic rings. The summed E-state index contributed by atoms with van der Waals surface area (Å²) in [7, 11) is 1.61. The van der Waals surface area contributed by atoms with Crippen molar-refractivity contribution in [3.63, 3.8) is 0 Å². The van der Waals surface area contributed by atoms with Crippen molar-refractivity contribution in [1.29, 1.82) is 0 Å². The number of carbonyl (C=O) groups excluding carboxylic acids is 1. The van der Waals surface area contributed by atoms with Gasteiger partial charge in [-0.1, -0.05) is 17.7 Å². The number of hydrogen-bond acceptors (Lipinski definition) is 4. The minimum absolute atomic E-state index is 0.0880. The van der Waals surface area contributed by atoms with Crippen LogP contribution in [0.25, 0.3) is 6.08 Å². The predicted molar refractivity (Wildman–Crippen MR) is 97.0 cm³/mol. The lowest BCUT2D eigenvalue weighted by Crippen LogP contribution is -2.50. The molecule has 0 saturated carbocycles. The molecule has 0 radical (unpaired) electrons. The molecule has 2 saturated heterocycles. The summed E-state index contributed by atoms with van der Waals surface area (Å²) in [4.78, 5) is 16.9. The Balaban J connectivity index is 1.49. The Morgan fingerprint density at radius 3 is 3.00 bits per heavy atom. The molecule has 6 heteroatoms. The van der Waals surface area contributed by atoms with E-state index >= 15 is 0 Å². The van der Waals surface area contributed by atoms with Crippen molar-refractivity contribution in [3.05, 3.63) is 53.5 Å². The summed E-state index contributed by atoms with van der Waals surface area (Å²) in [5.74, 6) is 1.61. The number of carbonyl (C=O) groups is 1. The number of anilines is 1. The van der Waals surface area contributed by atoms with Gasteiger partial charge in [-0.3, -0.25) is 9.69 Å². The molecule has 2 aromatic rings. The number of ether oxygens (including phenoxy) is 1. The second-order valence-corrected chi connectivity index (χ2v) is 6.74. The SMILES string of the molecule is COc1ccc(Cl)cc1N1C(=O)[C@@H]2C[C@H]1CN2CC=Cc1ccco1. The molecule has 0 unspecified atom stereocenters. The lowest BCUT2D eigenvalue weighted by molar-refractivity contribution is -0.122. The zero-order valence-electron chi connectivity index (χ0n) is 13.9. The molecule has 1 aromatic heterocycles. The summed E-state index contributed by atoms with van der Waals surface area (Å²) in [5, 5.41) is 0.601. The van der Waals surface area contributed by atoms with E-state index in [9.17, 15) is 4.79 Å². The zero-order chi connectivity index (χ0) is 17.4. The molecule has 0 aliphatic carbocycles. The van der Waals surface area contributed by atoms with Crippen LogP contribution in [0.15, 0.2) is 47.1 Å². The minimum atomic E-state index is -0.0880. The van der Waals surface area contributed by atoms with Gasteiger partial charge >= 0.3 is 0 Å². The van der Waals surface area contributed by atoms with Crippen LogP contribution < -0.4 is 9.64 Å². The Hall–Kier alpha value is -2.24. The number of rotatable bonds is 5. The summed E-state index contributed by atoms with van der Waals surface area (Å²) < 4.78 is 10.7. The van der Waals surface area contributed by atoms with Crippen LogP contribution in [0.5, 0.6) is 5.75 Å². The number of methoxy groups -OCH3 is 1. The molecule has 1 amide bonds. The van der Waals surface area contributed by atoms with E-state index < -0.39 is 0 Å². The number of piperazine rings is 1. The van der Waals surface area contributed by atoms with E-state index in [1.807, 2.05) is 29.2 Å². The van der Waals surface area contributed by atoms with Gasteiger partial charge in [0.1, 0.15) is 11.5 Å². The second kappa shape index (κ2) is 6.58. The first-order valence-corrected chi connectivity index (χ1v) is 8.66. The molecule has 2 bridgehead atoms. The van der Waals surface area contributed by atoms with Gasteiger partial charge < -0.3 is 14.1 Å². The van der Waals surface area contributed by atoms with Gasteiger partial charge in [0.2, 0.25) is 5.91 Å². The van der Waals surface area contributed by atoms with Crippen molar-refractivity contribution >= 4 is 29.3 Å². The predicted octanol–water partition coefficient (Wildman–Crippen LogP) is 3.44. The Morgan fingerprint density at radius 2 is 2.28 bits per heavy atom. The third-order valence-corrected chi connectivity index (χ3v) is 5.07. The molecular formula is C19H19ClN2O3. The van der Waals surface area contributed by atoms with Gasteiger partial charge in [0, 0.05) is 18.1 Å². The van der Waals surface area contributed by atoms with Gasteiger partial charge in [-0.2, -0.15) is 0 Å². The van der Waals surface area contributed by atoms with E-state index in [2.05, 4.69) is 4.90 Å². The number of halogens is 1. The molecule has 0 N–H and O–H groups in total. The molecule has 5 nitrogen and oxygen atoms in total. The van der Waals surface area contributed by atoms with Crippen LogP contribution in [0.4, 0.5) is 5.69 Å². The van der Waals surface area contributed by atoms with Gasteiger partial charge in [0.15, 0.2) is 0 Å². The fraction of sp³-hybridized carbons (Fsp3) is 0.316. The van der Waals surface area contributed by atoms with Crippen molar-refractivity contribution in [2.24, 2.45) is 0 Å². The first-order valence-electron chi connectivity index (χ1n) is 8.28. The molecule has 4 rings (SSSR count). The van der Waals surface area contributed by atoms with Crippen molar-refractivity contribution in [1.82, 2.24) is 4.90 Å². The molecule has 2 fully saturated rings. The first kappa shape index (κ1) is 16.2. The van der Waals surface area contributed by atoms with E-state index in [1.54, 1.807) is 31.6 Å². The fourth-order valence-corrected chi connectivity index (χ4v) is 3.89. The number of furan rings is 1. The topological polar surface area (TPSA) is 45.9 Å². The summed E-state index contributed by atoms with van der Waals surface area (Å²) in [5.41, 5.74) is 0.762. The number of benzene rings is 1. The van der Waals surface area contributed by atoms with Crippen LogP contribution in [0, 0.1) is 0 Å². The highest BCUT2D eigenvalue weighted by Gasteiger charge is 2.50. The Labute approximate surface area is 151 Å². The van der Waals surface area contributed by atoms with Gasteiger partial charge in [0.25, 0.3) is 0 Å². The van der Waals surface area contributed by atoms with E-state index in [4.69, 9.17) is 20.8 Å². The zero-order valence-corrected chi connectivity index (χ0v) is 14.6. The summed E-state index contributed by atoms with van der Waals surface area (Å²) in [6, 6.07) is 9.22. The van der Waals surface area contributed by atoms with Crippen LogP contribution in [0.3, 0.4) is 0 Å². The normalized spacial score (nSPS) is 23.1. The Morgan fingerprint density at radius 1 is 1.40 bits per heavy atom. The first-order chi connectivity index (χ1) is 12.2. The molecule has 1 aromatic carbocycles. The summed E-state index contributed by atoms with van der Waals surface area (Å²) in [6.45, 7) is 1.57. The monoisotopic (exact) mass is 358 g/mol. The molecule has 2 aliphatic heterocycles. The average molecular weight is 359 g/mol. The Bertz CT molecular complexity index is 803. The lowest BCUT2D eigenvalue weighted by Gasteiger charge is -2.34. The maximum Gasteiger partial charge on any atom is 0.244 e. The van der Waals surface area contributed by atoms with Gasteiger partial charge in [0.05, 0.1) is 31.1 Å². The second-order valence-electron chi connectivity index (χ2n) is 6.30. The Kier molecular flexibility index (Phi) is 4.27. The van der Waals surface area contributed by atoms with Crippen LogP contribution in [0.1, 0.15) is 12.2 Å². The molecule has 130 valence electrons. The standard InChI is InChI=1S/C19H19ClN2O3/c1-24-18-7-6-13(20)10-16(18)22-14-11-17(19(22)23)21(12-14)8-2-4-15-5-3-9-25-15/h2-7,9-10,14,17H,8,11-12H2,1H3/t14-,17-/m0/s1. The number of hydrogen-bond donors (Lipinski definition) is 0. The highest BCUT2D eigenvalue weighted by molar-refractivity contribution is 6.31. The van der Waals surface area contributed by atoms with Crippen molar-refractivity contribution in [2.75, 3.05) is 25.1 Å². The largest absolute Gasteiger partial charge is 0.495 e. The minimum Gasteiger partial charge on any atom is -0.495 e. The average Bonchev–Trinajstić information content (AvgIpc) is 3.31. The van der Waals surface area contributed by atoms with Crippen LogP contribution >= 0.6 is 11.6 Å². The maximum absolute atomic E-state index is 12.9. The van der Waals surface area contributed by atoms with E-state index in [0.29, 0.717) is 10.8 Å². The number of likely N-dealkylation sites (tertiary alicyclic amines) is 1. The lowest BCUT2D eigenvalue weighted by atomic mass is 10.2. The van der Waals surface area contributed by atoms with Crippen LogP contribution in [-0.2, 0) is 4.79 Å². The van der Waals surface area contributed by atoms with Gasteiger partial charge in [-0.05, 0) is 42.8 Å². The number of nitrogens with zero attached hydrogens (tertiary/aromatic N) is 2. The van der Waals surface area contributed by atoms with Crippen LogP contribution in [-0.4, -0.2) is 43.1 Å². The van der Waals surface area contributed by atoms with Crippen molar-refractivity contribution < 1.29 is 13.9 Å². The third-order valence-electron chi connectivity index (χ3n) is 4.83. The summed E-state index contributed by atoms with van der Waals surface area (Å²) >= 11 is 6.13. The highest BCUT2D eigenvalue weighted by Crippen LogP contribution is 2.40. The fourth-order valence-electron chi connectivity index (χ4n) is 3.72. The van der Waals surface area contributed by atoms with E-state index in [0.717, 1.165) is 31.0 Å². The maximum atomic E-state index is 12.9. The molecule has 0 spiro atoms. The number of fused-ring (bicyclic) bond motifs is 2. The molecule has 3 heterocycles. The van der Waals surface area contributed by atoms with Crippen molar-refractivity contribution in [2.45, 2.75) is 18.5 Å². The van der Waals surface area contributed by atoms with E-state index in [-0.39, 0.29) is 18.0 Å². The number of amides is 1. The molecule has 2 atom stereocenters. The smallest absolute Gasteiger partial charge is 0.244 e. The summed E-state index contributed by atoms with van der Waals surface area (Å²) in [6.07, 6.45) is 6.46. The van der Waals surface area contributed by atoms with Crippen molar-refractivity contribution in [3.8, 4) is 5.75 Å². The van der Waals surface area contributed by atoms with Crippen LogP contribution in [0.2, 0.25) is 5.02 Å². The molecule has 25 heavy (non-hydrogen) atoms. The third kappa shape index (κ3) is 2.94. The van der Waals surface area contributed by atoms with Gasteiger partial charge in [-0.25, -0.2) is 0 Å².